The first kappa shape index (κ1) is 11.7. The van der Waals surface area contributed by atoms with Crippen molar-refractivity contribution in [1.82, 2.24) is 10.3 Å². The van der Waals surface area contributed by atoms with E-state index >= 15 is 0 Å². The first-order valence-corrected chi connectivity index (χ1v) is 5.97. The van der Waals surface area contributed by atoms with Crippen molar-refractivity contribution in [2.45, 2.75) is 13.5 Å². The highest BCUT2D eigenvalue weighted by molar-refractivity contribution is 7.09. The van der Waals surface area contributed by atoms with Gasteiger partial charge in [-0.05, 0) is 30.7 Å². The van der Waals surface area contributed by atoms with Crippen molar-refractivity contribution in [3.8, 4) is 0 Å². The predicted molar refractivity (Wildman–Crippen MR) is 64.4 cm³/mol. The number of aromatic nitrogens is 1. The number of carbonyl (C=O) groups is 1. The molecule has 3 nitrogen and oxygen atoms in total. The summed E-state index contributed by atoms with van der Waals surface area (Å²) in [5.74, 6) is -0.545. The topological polar surface area (TPSA) is 42.0 Å². The average Bonchev–Trinajstić information content (AvgIpc) is 2.78. The summed E-state index contributed by atoms with van der Waals surface area (Å²) in [7, 11) is 0. The number of carbonyl (C=O) groups excluding carboxylic acids is 1. The van der Waals surface area contributed by atoms with E-state index in [1.165, 1.54) is 29.5 Å². The second-order valence-electron chi connectivity index (χ2n) is 3.57. The third kappa shape index (κ3) is 2.88. The van der Waals surface area contributed by atoms with Crippen molar-refractivity contribution in [2.24, 2.45) is 0 Å². The van der Waals surface area contributed by atoms with Gasteiger partial charge in [0.15, 0.2) is 0 Å². The number of halogens is 1. The molecule has 0 spiro atoms. The van der Waals surface area contributed by atoms with Gasteiger partial charge in [0.2, 0.25) is 0 Å². The van der Waals surface area contributed by atoms with Crippen molar-refractivity contribution < 1.29 is 9.18 Å². The fourth-order valence-corrected chi connectivity index (χ4v) is 2.03. The van der Waals surface area contributed by atoms with E-state index in [4.69, 9.17) is 0 Å². The first-order valence-electron chi connectivity index (χ1n) is 5.09. The van der Waals surface area contributed by atoms with Crippen LogP contribution >= 0.6 is 11.3 Å². The van der Waals surface area contributed by atoms with E-state index < -0.39 is 0 Å². The number of benzene rings is 1. The summed E-state index contributed by atoms with van der Waals surface area (Å²) < 4.78 is 12.9. The summed E-state index contributed by atoms with van der Waals surface area (Å²) in [6, 6.07) is 4.12. The second kappa shape index (κ2) is 5.05. The highest BCUT2D eigenvalue weighted by Crippen LogP contribution is 2.10. The Morgan fingerprint density at radius 3 is 3.00 bits per heavy atom. The van der Waals surface area contributed by atoms with Crippen LogP contribution in [0, 0.1) is 12.7 Å². The Hall–Kier alpha value is -1.75. The average molecular weight is 250 g/mol. The monoisotopic (exact) mass is 250 g/mol. The van der Waals surface area contributed by atoms with Gasteiger partial charge in [-0.15, -0.1) is 11.3 Å². The number of aryl methyl sites for hydroxylation is 1. The fourth-order valence-electron chi connectivity index (χ4n) is 1.47. The van der Waals surface area contributed by atoms with E-state index in [2.05, 4.69) is 10.3 Å². The number of hydrogen-bond donors (Lipinski definition) is 1. The first-order chi connectivity index (χ1) is 8.16. The van der Waals surface area contributed by atoms with Crippen molar-refractivity contribution in [3.63, 3.8) is 0 Å². The van der Waals surface area contributed by atoms with Crippen LogP contribution in [0.5, 0.6) is 0 Å². The number of hydrogen-bond acceptors (Lipinski definition) is 3. The molecular weight excluding hydrogens is 239 g/mol. The van der Waals surface area contributed by atoms with E-state index in [9.17, 15) is 9.18 Å². The molecule has 1 aromatic carbocycles. The lowest BCUT2D eigenvalue weighted by Crippen LogP contribution is -2.23. The van der Waals surface area contributed by atoms with Crippen LogP contribution in [0.3, 0.4) is 0 Å². The number of nitrogens with one attached hydrogen (secondary N) is 1. The number of nitrogens with zero attached hydrogens (tertiary/aromatic N) is 1. The Morgan fingerprint density at radius 1 is 1.53 bits per heavy atom. The van der Waals surface area contributed by atoms with Gasteiger partial charge >= 0.3 is 0 Å². The maximum absolute atomic E-state index is 12.9. The smallest absolute Gasteiger partial charge is 0.251 e. The molecular formula is C12H11FN2OS. The highest BCUT2D eigenvalue weighted by atomic mass is 32.1. The molecule has 0 aliphatic rings. The second-order valence-corrected chi connectivity index (χ2v) is 4.55. The van der Waals surface area contributed by atoms with Crippen molar-refractivity contribution in [1.29, 1.82) is 0 Å². The molecule has 88 valence electrons. The van der Waals surface area contributed by atoms with Crippen LogP contribution in [0.2, 0.25) is 0 Å². The van der Waals surface area contributed by atoms with Gasteiger partial charge < -0.3 is 5.32 Å². The van der Waals surface area contributed by atoms with Gasteiger partial charge in [0.1, 0.15) is 10.8 Å². The summed E-state index contributed by atoms with van der Waals surface area (Å²) in [6.45, 7) is 2.11. The lowest BCUT2D eigenvalue weighted by atomic mass is 10.1. The summed E-state index contributed by atoms with van der Waals surface area (Å²) >= 11 is 1.48. The van der Waals surface area contributed by atoms with Gasteiger partial charge in [0.25, 0.3) is 5.91 Å². The summed E-state index contributed by atoms with van der Waals surface area (Å²) in [5.41, 5.74) is 1.12. The van der Waals surface area contributed by atoms with Crippen LogP contribution in [0.4, 0.5) is 4.39 Å². The Kier molecular flexibility index (Phi) is 3.49. The zero-order chi connectivity index (χ0) is 12.3. The van der Waals surface area contributed by atoms with Crippen molar-refractivity contribution >= 4 is 17.2 Å². The molecule has 5 heteroatoms. The molecule has 17 heavy (non-hydrogen) atoms. The minimum absolute atomic E-state index is 0.210. The third-order valence-electron chi connectivity index (χ3n) is 2.32. The van der Waals surface area contributed by atoms with E-state index in [0.29, 0.717) is 17.7 Å². The van der Waals surface area contributed by atoms with Gasteiger partial charge in [0.05, 0.1) is 6.54 Å². The standard InChI is InChI=1S/C12H11FN2OS/c1-8-6-9(13)2-3-10(8)12(16)15-7-11-14-4-5-17-11/h2-6H,7H2,1H3,(H,15,16). The van der Waals surface area contributed by atoms with Crippen LogP contribution in [0.15, 0.2) is 29.8 Å². The minimum Gasteiger partial charge on any atom is -0.346 e. The molecule has 0 bridgehead atoms. The number of rotatable bonds is 3. The molecule has 0 unspecified atom stereocenters. The van der Waals surface area contributed by atoms with Gasteiger partial charge in [-0.2, -0.15) is 0 Å². The van der Waals surface area contributed by atoms with Gasteiger partial charge in [0, 0.05) is 17.1 Å². The van der Waals surface area contributed by atoms with Crippen LogP contribution in [0.25, 0.3) is 0 Å². The Labute approximate surface area is 102 Å². The van der Waals surface area contributed by atoms with E-state index in [-0.39, 0.29) is 11.7 Å². The molecule has 0 saturated carbocycles. The van der Waals surface area contributed by atoms with E-state index in [1.807, 2.05) is 5.38 Å². The van der Waals surface area contributed by atoms with Crippen molar-refractivity contribution in [2.75, 3.05) is 0 Å². The molecule has 2 aromatic rings. The Morgan fingerprint density at radius 2 is 2.35 bits per heavy atom. The van der Waals surface area contributed by atoms with Crippen LogP contribution in [0.1, 0.15) is 20.9 Å². The Balaban J connectivity index is 2.04. The maximum atomic E-state index is 12.9. The van der Waals surface area contributed by atoms with Crippen LogP contribution < -0.4 is 5.32 Å². The quantitative estimate of drug-likeness (QED) is 0.909. The molecule has 0 radical (unpaired) electrons. The van der Waals surface area contributed by atoms with E-state index in [0.717, 1.165) is 5.01 Å². The third-order valence-corrected chi connectivity index (χ3v) is 3.10. The molecule has 0 saturated heterocycles. The lowest BCUT2D eigenvalue weighted by molar-refractivity contribution is 0.0950. The molecule has 0 aliphatic carbocycles. The molecule has 2 rings (SSSR count). The SMILES string of the molecule is Cc1cc(F)ccc1C(=O)NCc1nccs1. The fraction of sp³-hybridized carbons (Fsp3) is 0.167. The molecule has 0 atom stereocenters. The molecule has 0 aliphatic heterocycles. The van der Waals surface area contributed by atoms with Gasteiger partial charge in [-0.25, -0.2) is 9.37 Å². The van der Waals surface area contributed by atoms with Crippen molar-refractivity contribution in [3.05, 3.63) is 51.7 Å². The maximum Gasteiger partial charge on any atom is 0.251 e. The van der Waals surface area contributed by atoms with Crippen LogP contribution in [-0.4, -0.2) is 10.9 Å². The highest BCUT2D eigenvalue weighted by Gasteiger charge is 2.09. The van der Waals surface area contributed by atoms with E-state index in [1.54, 1.807) is 13.1 Å². The predicted octanol–water partition coefficient (Wildman–Crippen LogP) is 2.52. The largest absolute Gasteiger partial charge is 0.346 e. The molecule has 1 N–H and O–H groups in total. The van der Waals surface area contributed by atoms with Crippen LogP contribution in [-0.2, 0) is 6.54 Å². The normalized spacial score (nSPS) is 10.2. The summed E-state index contributed by atoms with van der Waals surface area (Å²) in [4.78, 5) is 15.9. The molecule has 0 fully saturated rings. The number of amides is 1. The lowest BCUT2D eigenvalue weighted by Gasteiger charge is -2.06. The summed E-state index contributed by atoms with van der Waals surface area (Å²) in [5, 5.41) is 5.45. The molecule has 1 amide bonds. The van der Waals surface area contributed by atoms with Gasteiger partial charge in [-0.3, -0.25) is 4.79 Å². The Bertz CT molecular complexity index is 525. The zero-order valence-corrected chi connectivity index (χ0v) is 10.1. The minimum atomic E-state index is -0.334. The van der Waals surface area contributed by atoms with Gasteiger partial charge in [-0.1, -0.05) is 0 Å². The zero-order valence-electron chi connectivity index (χ0n) is 9.24. The summed E-state index contributed by atoms with van der Waals surface area (Å²) in [6.07, 6.45) is 1.69. The molecule has 1 aromatic heterocycles. The molecule has 1 heterocycles. The number of thiazole rings is 1.